The summed E-state index contributed by atoms with van der Waals surface area (Å²) in [6, 6.07) is 0. The van der Waals surface area contributed by atoms with Crippen LogP contribution in [0.1, 0.15) is 0 Å². The molecule has 62 valence electrons. The highest BCUT2D eigenvalue weighted by Gasteiger charge is 2.04. The number of carboxylic acids is 1. The summed E-state index contributed by atoms with van der Waals surface area (Å²) in [4.78, 5) is 20.5. The summed E-state index contributed by atoms with van der Waals surface area (Å²) in [5.74, 6) is -1.72. The molecule has 0 atom stereocenters. The summed E-state index contributed by atoms with van der Waals surface area (Å²) in [5.41, 5.74) is -0.226. The molecular weight excluding hydrogens is 150 g/mol. The summed E-state index contributed by atoms with van der Waals surface area (Å²) in [6.07, 6.45) is 0. The fraction of sp³-hybridized carbons (Fsp3) is 0.333. The Balaban J connectivity index is 3.63. The van der Waals surface area contributed by atoms with Gasteiger partial charge in [-0.3, -0.25) is 4.79 Å². The predicted octanol–water partition coefficient (Wildman–Crippen LogP) is -0.653. The first-order valence-corrected chi connectivity index (χ1v) is 2.80. The van der Waals surface area contributed by atoms with Crippen molar-refractivity contribution < 1.29 is 19.4 Å². The smallest absolute Gasteiger partial charge is 0.351 e. The van der Waals surface area contributed by atoms with Gasteiger partial charge < -0.3 is 15.2 Å². The van der Waals surface area contributed by atoms with Crippen molar-refractivity contribution in [3.8, 4) is 0 Å². The third-order valence-electron chi connectivity index (χ3n) is 0.932. The van der Waals surface area contributed by atoms with Crippen molar-refractivity contribution in [2.24, 2.45) is 0 Å². The zero-order valence-corrected chi connectivity index (χ0v) is 6.09. The van der Waals surface area contributed by atoms with Crippen molar-refractivity contribution in [3.05, 3.63) is 12.3 Å². The minimum atomic E-state index is -1.19. The van der Waals surface area contributed by atoms with Crippen molar-refractivity contribution in [3.63, 3.8) is 0 Å². The molecule has 0 heterocycles. The fourth-order valence-corrected chi connectivity index (χ4v) is 0.327. The Labute approximate surface area is 63.7 Å². The lowest BCUT2D eigenvalue weighted by atomic mass is 10.5. The van der Waals surface area contributed by atoms with Crippen LogP contribution >= 0.6 is 0 Å². The van der Waals surface area contributed by atoms with E-state index in [2.05, 4.69) is 16.6 Å². The molecule has 0 aromatic carbocycles. The standard InChI is InChI=1S/C6H9NO4/c1-4(6(9)10)7-3-5(8)11-2/h7H,1,3H2,2H3,(H,9,10). The number of carbonyl (C=O) groups excluding carboxylic acids is 1. The van der Waals surface area contributed by atoms with Gasteiger partial charge in [-0.1, -0.05) is 6.58 Å². The van der Waals surface area contributed by atoms with Gasteiger partial charge in [0.2, 0.25) is 0 Å². The zero-order chi connectivity index (χ0) is 8.85. The number of carbonyl (C=O) groups is 2. The van der Waals surface area contributed by atoms with Crippen molar-refractivity contribution in [1.82, 2.24) is 5.32 Å². The van der Waals surface area contributed by atoms with E-state index in [0.29, 0.717) is 0 Å². The second-order valence-corrected chi connectivity index (χ2v) is 1.71. The molecule has 11 heavy (non-hydrogen) atoms. The highest BCUT2D eigenvalue weighted by molar-refractivity contribution is 5.86. The number of rotatable bonds is 4. The summed E-state index contributed by atoms with van der Waals surface area (Å²) in [7, 11) is 1.22. The van der Waals surface area contributed by atoms with E-state index in [0.717, 1.165) is 0 Å². The largest absolute Gasteiger partial charge is 0.477 e. The molecule has 0 spiro atoms. The van der Waals surface area contributed by atoms with Crippen molar-refractivity contribution in [1.29, 1.82) is 0 Å². The minimum Gasteiger partial charge on any atom is -0.477 e. The van der Waals surface area contributed by atoms with Gasteiger partial charge in [0.05, 0.1) is 7.11 Å². The van der Waals surface area contributed by atoms with Gasteiger partial charge in [-0.15, -0.1) is 0 Å². The van der Waals surface area contributed by atoms with Crippen LogP contribution in [0.3, 0.4) is 0 Å². The van der Waals surface area contributed by atoms with Gasteiger partial charge in [-0.2, -0.15) is 0 Å². The Morgan fingerprint density at radius 2 is 2.18 bits per heavy atom. The number of hydrogen-bond acceptors (Lipinski definition) is 4. The fourth-order valence-electron chi connectivity index (χ4n) is 0.327. The monoisotopic (exact) mass is 159 g/mol. The highest BCUT2D eigenvalue weighted by atomic mass is 16.5. The maximum Gasteiger partial charge on any atom is 0.351 e. The molecule has 2 N–H and O–H groups in total. The van der Waals surface area contributed by atoms with Gasteiger partial charge in [-0.25, -0.2) is 4.79 Å². The maximum atomic E-state index is 10.4. The van der Waals surface area contributed by atoms with E-state index in [-0.39, 0.29) is 12.2 Å². The van der Waals surface area contributed by atoms with Crippen molar-refractivity contribution in [2.75, 3.05) is 13.7 Å². The molecular formula is C6H9NO4. The van der Waals surface area contributed by atoms with Gasteiger partial charge >= 0.3 is 11.9 Å². The number of ether oxygens (including phenoxy) is 1. The summed E-state index contributed by atoms with van der Waals surface area (Å²) < 4.78 is 4.24. The lowest BCUT2D eigenvalue weighted by Crippen LogP contribution is -2.26. The Morgan fingerprint density at radius 3 is 2.55 bits per heavy atom. The number of methoxy groups -OCH3 is 1. The number of nitrogens with one attached hydrogen (secondary N) is 1. The zero-order valence-electron chi connectivity index (χ0n) is 6.09. The summed E-state index contributed by atoms with van der Waals surface area (Å²) >= 11 is 0. The van der Waals surface area contributed by atoms with Gasteiger partial charge in [0.1, 0.15) is 12.2 Å². The maximum absolute atomic E-state index is 10.4. The Bertz CT molecular complexity index is 187. The van der Waals surface area contributed by atoms with E-state index in [1.165, 1.54) is 7.11 Å². The average molecular weight is 159 g/mol. The van der Waals surface area contributed by atoms with Crippen LogP contribution in [0.2, 0.25) is 0 Å². The molecule has 0 bridgehead atoms. The van der Waals surface area contributed by atoms with E-state index >= 15 is 0 Å². The third kappa shape index (κ3) is 3.96. The molecule has 0 unspecified atom stereocenters. The molecule has 5 heteroatoms. The normalized spacial score (nSPS) is 8.45. The molecule has 0 rings (SSSR count). The summed E-state index contributed by atoms with van der Waals surface area (Å²) in [6.45, 7) is 2.96. The number of aliphatic carboxylic acids is 1. The first-order valence-electron chi connectivity index (χ1n) is 2.80. The van der Waals surface area contributed by atoms with Crippen molar-refractivity contribution in [2.45, 2.75) is 0 Å². The Hall–Kier alpha value is -1.52. The van der Waals surface area contributed by atoms with E-state index in [1.54, 1.807) is 0 Å². The lowest BCUT2D eigenvalue weighted by Gasteiger charge is -2.02. The quantitative estimate of drug-likeness (QED) is 0.421. The van der Waals surface area contributed by atoms with Gasteiger partial charge in [-0.05, 0) is 0 Å². The molecule has 0 aliphatic heterocycles. The minimum absolute atomic E-state index is 0.179. The number of carboxylic acid groups (broad SMARTS) is 1. The second kappa shape index (κ2) is 4.32. The molecule has 5 nitrogen and oxygen atoms in total. The molecule has 0 saturated carbocycles. The molecule has 0 radical (unpaired) electrons. The van der Waals surface area contributed by atoms with E-state index < -0.39 is 11.9 Å². The number of hydrogen-bond donors (Lipinski definition) is 2. The van der Waals surface area contributed by atoms with Crippen molar-refractivity contribution >= 4 is 11.9 Å². The molecule has 0 amide bonds. The van der Waals surface area contributed by atoms with Crippen LogP contribution in [0, 0.1) is 0 Å². The predicted molar refractivity (Wildman–Crippen MR) is 36.8 cm³/mol. The molecule has 0 aliphatic rings. The van der Waals surface area contributed by atoms with E-state index in [1.807, 2.05) is 0 Å². The second-order valence-electron chi connectivity index (χ2n) is 1.71. The number of esters is 1. The lowest BCUT2D eigenvalue weighted by molar-refractivity contribution is -0.139. The SMILES string of the molecule is C=C(NCC(=O)OC)C(=O)O. The molecule has 0 aromatic heterocycles. The molecule has 0 saturated heterocycles. The van der Waals surface area contributed by atoms with Crippen LogP contribution in [-0.4, -0.2) is 30.7 Å². The molecule has 0 aliphatic carbocycles. The van der Waals surface area contributed by atoms with Crippen LogP contribution in [0.5, 0.6) is 0 Å². The van der Waals surface area contributed by atoms with Crippen LogP contribution in [0.25, 0.3) is 0 Å². The van der Waals surface area contributed by atoms with Gasteiger partial charge in [0, 0.05) is 0 Å². The first kappa shape index (κ1) is 9.48. The topological polar surface area (TPSA) is 75.6 Å². The third-order valence-corrected chi connectivity index (χ3v) is 0.932. The van der Waals surface area contributed by atoms with Crippen LogP contribution in [-0.2, 0) is 14.3 Å². The first-order chi connectivity index (χ1) is 5.07. The van der Waals surface area contributed by atoms with Gasteiger partial charge in [0.25, 0.3) is 0 Å². The van der Waals surface area contributed by atoms with Crippen LogP contribution in [0.4, 0.5) is 0 Å². The summed E-state index contributed by atoms with van der Waals surface area (Å²) in [5, 5.41) is 10.5. The Kier molecular flexibility index (Phi) is 3.72. The van der Waals surface area contributed by atoms with E-state index in [4.69, 9.17) is 5.11 Å². The van der Waals surface area contributed by atoms with Gasteiger partial charge in [0.15, 0.2) is 0 Å². The molecule has 0 aromatic rings. The molecule has 0 fully saturated rings. The highest BCUT2D eigenvalue weighted by Crippen LogP contribution is 1.82. The van der Waals surface area contributed by atoms with E-state index in [9.17, 15) is 9.59 Å². The average Bonchev–Trinajstić information content (AvgIpc) is 1.99. The van der Waals surface area contributed by atoms with Crippen LogP contribution in [0.15, 0.2) is 12.3 Å². The van der Waals surface area contributed by atoms with Crippen LogP contribution < -0.4 is 5.32 Å². The Morgan fingerprint density at radius 1 is 1.64 bits per heavy atom.